The number of benzene rings is 1. The fourth-order valence-corrected chi connectivity index (χ4v) is 1.99. The molecular weight excluding hydrogens is 216 g/mol. The largest absolute Gasteiger partial charge is 0.125 e. The number of unbranched alkanes of at least 4 members (excludes halogenated alkanes) is 7. The van der Waals surface area contributed by atoms with Crippen LogP contribution in [0.3, 0.4) is 0 Å². The van der Waals surface area contributed by atoms with Crippen molar-refractivity contribution in [2.75, 3.05) is 0 Å². The van der Waals surface area contributed by atoms with E-state index in [9.17, 15) is 0 Å². The molecule has 98 valence electrons. The summed E-state index contributed by atoms with van der Waals surface area (Å²) in [6, 6.07) is 10.4. The monoisotopic (exact) mass is 242 g/mol. The lowest BCUT2D eigenvalue weighted by Gasteiger charge is -1.98. The van der Waals surface area contributed by atoms with E-state index in [1.54, 1.807) is 0 Å². The summed E-state index contributed by atoms with van der Waals surface area (Å²) in [5.41, 5.74) is 4.49. The highest BCUT2D eigenvalue weighted by molar-refractivity contribution is 5.47. The molecule has 0 heteroatoms. The van der Waals surface area contributed by atoms with Gasteiger partial charge in [0, 0.05) is 0 Å². The van der Waals surface area contributed by atoms with Gasteiger partial charge in [-0.1, -0.05) is 75.8 Å². The molecule has 1 rings (SSSR count). The van der Waals surface area contributed by atoms with Crippen LogP contribution in [-0.2, 0) is 0 Å². The van der Waals surface area contributed by atoms with Crippen LogP contribution in [0.4, 0.5) is 0 Å². The predicted molar refractivity (Wildman–Crippen MR) is 81.6 cm³/mol. The summed E-state index contributed by atoms with van der Waals surface area (Å²) in [6.07, 6.45) is 15.0. The third kappa shape index (κ3) is 7.92. The first-order valence-electron chi connectivity index (χ1n) is 7.39. The molecule has 0 saturated carbocycles. The van der Waals surface area contributed by atoms with Gasteiger partial charge in [-0.05, 0) is 30.6 Å². The minimum absolute atomic E-state index is 1.16. The van der Waals surface area contributed by atoms with Gasteiger partial charge in [-0.2, -0.15) is 0 Å². The summed E-state index contributed by atoms with van der Waals surface area (Å²) in [4.78, 5) is 0. The third-order valence-electron chi connectivity index (χ3n) is 3.12. The molecule has 0 aliphatic heterocycles. The summed E-state index contributed by atoms with van der Waals surface area (Å²) in [5, 5.41) is 0. The van der Waals surface area contributed by atoms with Crippen LogP contribution in [0.1, 0.15) is 63.9 Å². The Morgan fingerprint density at radius 2 is 1.56 bits per heavy atom. The highest BCUT2D eigenvalue weighted by Gasteiger charge is 1.88. The smallest absolute Gasteiger partial charge is 0.0131 e. The lowest BCUT2D eigenvalue weighted by atomic mass is 10.1. The summed E-state index contributed by atoms with van der Waals surface area (Å²) in [7, 11) is 0. The van der Waals surface area contributed by atoms with Crippen molar-refractivity contribution in [1.82, 2.24) is 0 Å². The lowest BCUT2D eigenvalue weighted by Crippen LogP contribution is -1.78. The van der Waals surface area contributed by atoms with E-state index < -0.39 is 0 Å². The van der Waals surface area contributed by atoms with Crippen LogP contribution in [-0.4, -0.2) is 0 Å². The first kappa shape index (κ1) is 14.8. The van der Waals surface area contributed by atoms with Crippen molar-refractivity contribution < 1.29 is 0 Å². The first-order chi connectivity index (χ1) is 8.93. The van der Waals surface area contributed by atoms with Crippen molar-refractivity contribution in [3.63, 3.8) is 0 Å². The van der Waals surface area contributed by atoms with Gasteiger partial charge in [0.05, 0.1) is 0 Å². The van der Waals surface area contributed by atoms with E-state index in [0.29, 0.717) is 0 Å². The van der Waals surface area contributed by atoms with E-state index in [0.717, 1.165) is 6.42 Å². The fourth-order valence-electron chi connectivity index (χ4n) is 1.99. The van der Waals surface area contributed by atoms with Gasteiger partial charge in [0.15, 0.2) is 0 Å². The zero-order valence-electron chi connectivity index (χ0n) is 11.7. The van der Waals surface area contributed by atoms with Gasteiger partial charge >= 0.3 is 0 Å². The zero-order valence-corrected chi connectivity index (χ0v) is 11.7. The maximum atomic E-state index is 3.26. The van der Waals surface area contributed by atoms with Crippen molar-refractivity contribution in [2.24, 2.45) is 0 Å². The molecule has 0 nitrogen and oxygen atoms in total. The number of hydrogen-bond acceptors (Lipinski definition) is 0. The van der Waals surface area contributed by atoms with Crippen LogP contribution in [0.5, 0.6) is 0 Å². The fraction of sp³-hybridized carbons (Fsp3) is 0.500. The minimum Gasteiger partial charge on any atom is -0.125 e. The predicted octanol–water partition coefficient (Wildman–Crippen LogP) is 6.00. The maximum absolute atomic E-state index is 3.26. The Labute approximate surface area is 112 Å². The highest BCUT2D eigenvalue weighted by Crippen LogP contribution is 2.08. The van der Waals surface area contributed by atoms with E-state index >= 15 is 0 Å². The summed E-state index contributed by atoms with van der Waals surface area (Å²) in [6.45, 7) is 2.27. The second-order valence-electron chi connectivity index (χ2n) is 4.84. The summed E-state index contributed by atoms with van der Waals surface area (Å²) in [5.74, 6) is 0. The zero-order chi connectivity index (χ0) is 12.9. The molecule has 0 radical (unpaired) electrons. The molecule has 1 aromatic carbocycles. The van der Waals surface area contributed by atoms with Gasteiger partial charge in [-0.15, -0.1) is 5.73 Å². The van der Waals surface area contributed by atoms with E-state index in [2.05, 4.69) is 49.1 Å². The minimum atomic E-state index is 1.16. The van der Waals surface area contributed by atoms with Crippen LogP contribution >= 0.6 is 0 Å². The van der Waals surface area contributed by atoms with Gasteiger partial charge in [0.25, 0.3) is 0 Å². The van der Waals surface area contributed by atoms with Gasteiger partial charge in [0.1, 0.15) is 0 Å². The Kier molecular flexibility index (Phi) is 8.93. The van der Waals surface area contributed by atoms with Crippen LogP contribution in [0.25, 0.3) is 6.08 Å². The van der Waals surface area contributed by atoms with Crippen molar-refractivity contribution in [3.05, 3.63) is 47.7 Å². The molecule has 0 aromatic heterocycles. The van der Waals surface area contributed by atoms with Crippen LogP contribution in [0, 0.1) is 0 Å². The average molecular weight is 242 g/mol. The molecule has 0 N–H and O–H groups in total. The molecule has 0 atom stereocenters. The molecule has 0 aliphatic rings. The number of rotatable bonds is 9. The Morgan fingerprint density at radius 3 is 2.28 bits per heavy atom. The van der Waals surface area contributed by atoms with Gasteiger partial charge < -0.3 is 0 Å². The maximum Gasteiger partial charge on any atom is -0.0131 e. The third-order valence-corrected chi connectivity index (χ3v) is 3.12. The van der Waals surface area contributed by atoms with Gasteiger partial charge in [0.2, 0.25) is 0 Å². The molecule has 0 bridgehead atoms. The molecular formula is C18H26. The Hall–Kier alpha value is -1.26. The van der Waals surface area contributed by atoms with Crippen LogP contribution < -0.4 is 0 Å². The average Bonchev–Trinajstić information content (AvgIpc) is 2.42. The lowest BCUT2D eigenvalue weighted by molar-refractivity contribution is 0.592. The quantitative estimate of drug-likeness (QED) is 0.368. The Morgan fingerprint density at radius 1 is 0.889 bits per heavy atom. The SMILES string of the molecule is CCCCCCCCCC=C=Cc1ccccc1. The molecule has 0 unspecified atom stereocenters. The molecule has 0 saturated heterocycles. The Balaban J connectivity index is 2.02. The number of allylic oxidation sites excluding steroid dienone is 1. The van der Waals surface area contributed by atoms with E-state index in [1.807, 2.05) is 6.07 Å². The van der Waals surface area contributed by atoms with Gasteiger partial charge in [-0.3, -0.25) is 0 Å². The van der Waals surface area contributed by atoms with Crippen LogP contribution in [0.2, 0.25) is 0 Å². The van der Waals surface area contributed by atoms with E-state index in [-0.39, 0.29) is 0 Å². The topological polar surface area (TPSA) is 0 Å². The van der Waals surface area contributed by atoms with E-state index in [1.165, 1.54) is 50.5 Å². The van der Waals surface area contributed by atoms with Crippen molar-refractivity contribution in [3.8, 4) is 0 Å². The standard InChI is InChI=1S/C18H26/c1-2-3-4-5-6-7-8-9-10-12-15-18-16-13-11-14-17-18/h10-11,13-17H,2-9H2,1H3. The Bertz CT molecular complexity index is 342. The molecule has 18 heavy (non-hydrogen) atoms. The molecule has 0 amide bonds. The highest BCUT2D eigenvalue weighted by atomic mass is 13.9. The van der Waals surface area contributed by atoms with Crippen molar-refractivity contribution in [2.45, 2.75) is 58.3 Å². The second kappa shape index (κ2) is 10.9. The van der Waals surface area contributed by atoms with Crippen LogP contribution in [0.15, 0.2) is 42.1 Å². The summed E-state index contributed by atoms with van der Waals surface area (Å²) >= 11 is 0. The summed E-state index contributed by atoms with van der Waals surface area (Å²) < 4.78 is 0. The van der Waals surface area contributed by atoms with Crippen molar-refractivity contribution in [1.29, 1.82) is 0 Å². The van der Waals surface area contributed by atoms with Crippen molar-refractivity contribution >= 4 is 6.08 Å². The molecule has 0 fully saturated rings. The second-order valence-corrected chi connectivity index (χ2v) is 4.84. The first-order valence-corrected chi connectivity index (χ1v) is 7.39. The molecule has 0 aliphatic carbocycles. The number of hydrogen-bond donors (Lipinski definition) is 0. The normalized spacial score (nSPS) is 9.83. The molecule has 1 aromatic rings. The molecule has 0 spiro atoms. The van der Waals surface area contributed by atoms with Gasteiger partial charge in [-0.25, -0.2) is 0 Å². The van der Waals surface area contributed by atoms with E-state index in [4.69, 9.17) is 0 Å². The molecule has 0 heterocycles.